The Kier molecular flexibility index (Phi) is 5.03. The van der Waals surface area contributed by atoms with E-state index in [0.29, 0.717) is 0 Å². The molecular weight excluding hydrogens is 200 g/mol. The van der Waals surface area contributed by atoms with E-state index in [-0.39, 0.29) is 5.54 Å². The summed E-state index contributed by atoms with van der Waals surface area (Å²) in [6.07, 6.45) is 2.88. The zero-order valence-electron chi connectivity index (χ0n) is 10.9. The van der Waals surface area contributed by atoms with Crippen molar-refractivity contribution < 1.29 is 4.42 Å². The van der Waals surface area contributed by atoms with Crippen LogP contribution in [0, 0.1) is 6.92 Å². The van der Waals surface area contributed by atoms with Gasteiger partial charge in [0.25, 0.3) is 0 Å². The number of aryl methyl sites for hydroxylation is 1. The molecule has 3 heteroatoms. The van der Waals surface area contributed by atoms with Crippen LogP contribution in [0.3, 0.4) is 0 Å². The summed E-state index contributed by atoms with van der Waals surface area (Å²) in [5, 5.41) is 6.84. The highest BCUT2D eigenvalue weighted by Crippen LogP contribution is 2.07. The largest absolute Gasteiger partial charge is 0.468 e. The molecular formula is C13H24N2O. The molecule has 92 valence electrons. The van der Waals surface area contributed by atoms with Gasteiger partial charge in [-0.3, -0.25) is 0 Å². The smallest absolute Gasteiger partial charge is 0.120 e. The highest BCUT2D eigenvalue weighted by molar-refractivity contribution is 5.13. The molecule has 0 aliphatic heterocycles. The lowest BCUT2D eigenvalue weighted by molar-refractivity contribution is 0.414. The molecule has 0 bridgehead atoms. The zero-order valence-corrected chi connectivity index (χ0v) is 10.9. The standard InChI is InChI=1S/C13H24N2O/c1-11-6-9-16-12(11)10-14-7-5-8-15-13(2,3)4/h6,9,14-15H,5,7-8,10H2,1-4H3. The Bertz CT molecular complexity index is 299. The third-order valence-corrected chi connectivity index (χ3v) is 2.44. The lowest BCUT2D eigenvalue weighted by Crippen LogP contribution is -2.37. The predicted molar refractivity (Wildman–Crippen MR) is 67.5 cm³/mol. The van der Waals surface area contributed by atoms with Crippen LogP contribution in [0.4, 0.5) is 0 Å². The van der Waals surface area contributed by atoms with Crippen molar-refractivity contribution in [2.24, 2.45) is 0 Å². The summed E-state index contributed by atoms with van der Waals surface area (Å²) in [6, 6.07) is 2.00. The first-order chi connectivity index (χ1) is 7.49. The molecule has 1 rings (SSSR count). The second-order valence-electron chi connectivity index (χ2n) is 5.23. The first kappa shape index (κ1) is 13.3. The first-order valence-corrected chi connectivity index (χ1v) is 5.98. The lowest BCUT2D eigenvalue weighted by Gasteiger charge is -2.20. The average molecular weight is 224 g/mol. The summed E-state index contributed by atoms with van der Waals surface area (Å²) in [5.41, 5.74) is 1.44. The van der Waals surface area contributed by atoms with Gasteiger partial charge in [0.2, 0.25) is 0 Å². The predicted octanol–water partition coefficient (Wildman–Crippen LogP) is 2.46. The fourth-order valence-corrected chi connectivity index (χ4v) is 1.46. The number of nitrogens with one attached hydrogen (secondary N) is 2. The van der Waals surface area contributed by atoms with E-state index >= 15 is 0 Å². The van der Waals surface area contributed by atoms with Crippen molar-refractivity contribution in [1.29, 1.82) is 0 Å². The van der Waals surface area contributed by atoms with Crippen molar-refractivity contribution in [3.05, 3.63) is 23.7 Å². The highest BCUT2D eigenvalue weighted by Gasteiger charge is 2.07. The third-order valence-electron chi connectivity index (χ3n) is 2.44. The highest BCUT2D eigenvalue weighted by atomic mass is 16.3. The number of furan rings is 1. The Morgan fingerprint density at radius 2 is 2.00 bits per heavy atom. The van der Waals surface area contributed by atoms with Crippen molar-refractivity contribution in [1.82, 2.24) is 10.6 Å². The van der Waals surface area contributed by atoms with Crippen LogP contribution in [0.15, 0.2) is 16.7 Å². The second-order valence-corrected chi connectivity index (χ2v) is 5.23. The van der Waals surface area contributed by atoms with E-state index in [1.54, 1.807) is 6.26 Å². The number of hydrogen-bond acceptors (Lipinski definition) is 3. The van der Waals surface area contributed by atoms with E-state index in [2.05, 4.69) is 38.3 Å². The molecule has 0 saturated heterocycles. The summed E-state index contributed by atoms with van der Waals surface area (Å²) in [5.74, 6) is 1.05. The van der Waals surface area contributed by atoms with Gasteiger partial charge >= 0.3 is 0 Å². The van der Waals surface area contributed by atoms with Crippen molar-refractivity contribution in [3.63, 3.8) is 0 Å². The molecule has 16 heavy (non-hydrogen) atoms. The molecule has 0 radical (unpaired) electrons. The van der Waals surface area contributed by atoms with Gasteiger partial charge < -0.3 is 15.1 Å². The Morgan fingerprint density at radius 1 is 1.25 bits per heavy atom. The molecule has 0 unspecified atom stereocenters. The molecule has 1 aromatic rings. The monoisotopic (exact) mass is 224 g/mol. The van der Waals surface area contributed by atoms with Gasteiger partial charge in [0.05, 0.1) is 12.8 Å². The van der Waals surface area contributed by atoms with Gasteiger partial charge in [-0.1, -0.05) is 0 Å². The van der Waals surface area contributed by atoms with Crippen LogP contribution in [0.5, 0.6) is 0 Å². The van der Waals surface area contributed by atoms with Crippen molar-refractivity contribution >= 4 is 0 Å². The van der Waals surface area contributed by atoms with E-state index in [4.69, 9.17) is 4.42 Å². The molecule has 0 spiro atoms. The van der Waals surface area contributed by atoms with Crippen LogP contribution < -0.4 is 10.6 Å². The maximum absolute atomic E-state index is 5.35. The minimum Gasteiger partial charge on any atom is -0.468 e. The normalized spacial score (nSPS) is 12.0. The van der Waals surface area contributed by atoms with Crippen molar-refractivity contribution in [2.45, 2.75) is 46.2 Å². The van der Waals surface area contributed by atoms with Gasteiger partial charge in [0.15, 0.2) is 0 Å². The fraction of sp³-hybridized carbons (Fsp3) is 0.692. The summed E-state index contributed by atoms with van der Waals surface area (Å²) in [7, 11) is 0. The number of rotatable bonds is 6. The lowest BCUT2D eigenvalue weighted by atomic mass is 10.1. The Morgan fingerprint density at radius 3 is 2.56 bits per heavy atom. The molecule has 2 N–H and O–H groups in total. The van der Waals surface area contributed by atoms with Gasteiger partial charge in [0.1, 0.15) is 5.76 Å². The van der Waals surface area contributed by atoms with Gasteiger partial charge in [-0.25, -0.2) is 0 Å². The quantitative estimate of drug-likeness (QED) is 0.729. The van der Waals surface area contributed by atoms with E-state index in [0.717, 1.165) is 31.8 Å². The molecule has 1 heterocycles. The van der Waals surface area contributed by atoms with Crippen LogP contribution in [0.1, 0.15) is 38.5 Å². The van der Waals surface area contributed by atoms with Crippen LogP contribution in [-0.4, -0.2) is 18.6 Å². The molecule has 0 amide bonds. The summed E-state index contributed by atoms with van der Waals surface area (Å²) in [6.45, 7) is 11.5. The summed E-state index contributed by atoms with van der Waals surface area (Å²) < 4.78 is 5.35. The SMILES string of the molecule is Cc1ccoc1CNCCCNC(C)(C)C. The molecule has 0 atom stereocenters. The first-order valence-electron chi connectivity index (χ1n) is 5.98. The number of hydrogen-bond donors (Lipinski definition) is 2. The van der Waals surface area contributed by atoms with Crippen LogP contribution in [0.25, 0.3) is 0 Å². The van der Waals surface area contributed by atoms with Gasteiger partial charge in [0, 0.05) is 5.54 Å². The summed E-state index contributed by atoms with van der Waals surface area (Å²) >= 11 is 0. The maximum atomic E-state index is 5.35. The van der Waals surface area contributed by atoms with Crippen LogP contribution >= 0.6 is 0 Å². The molecule has 0 saturated carbocycles. The van der Waals surface area contributed by atoms with Gasteiger partial charge in [-0.2, -0.15) is 0 Å². The molecule has 1 aromatic heterocycles. The average Bonchev–Trinajstić information content (AvgIpc) is 2.56. The Balaban J connectivity index is 2.03. The molecule has 0 aliphatic rings. The zero-order chi connectivity index (χ0) is 12.0. The molecule has 0 aromatic carbocycles. The minimum atomic E-state index is 0.220. The molecule has 3 nitrogen and oxygen atoms in total. The second kappa shape index (κ2) is 6.06. The van der Waals surface area contributed by atoms with E-state index < -0.39 is 0 Å². The van der Waals surface area contributed by atoms with E-state index in [1.165, 1.54) is 5.56 Å². The molecule has 0 aliphatic carbocycles. The Labute approximate surface area is 98.6 Å². The van der Waals surface area contributed by atoms with Crippen LogP contribution in [-0.2, 0) is 6.54 Å². The van der Waals surface area contributed by atoms with Gasteiger partial charge in [-0.15, -0.1) is 0 Å². The molecule has 0 fully saturated rings. The Hall–Kier alpha value is -0.800. The van der Waals surface area contributed by atoms with Crippen LogP contribution in [0.2, 0.25) is 0 Å². The van der Waals surface area contributed by atoms with E-state index in [1.807, 2.05) is 6.07 Å². The maximum Gasteiger partial charge on any atom is 0.120 e. The third kappa shape index (κ3) is 5.33. The van der Waals surface area contributed by atoms with Crippen molar-refractivity contribution in [2.75, 3.05) is 13.1 Å². The topological polar surface area (TPSA) is 37.2 Å². The van der Waals surface area contributed by atoms with E-state index in [9.17, 15) is 0 Å². The van der Waals surface area contributed by atoms with Crippen molar-refractivity contribution in [3.8, 4) is 0 Å². The van der Waals surface area contributed by atoms with Gasteiger partial charge in [-0.05, 0) is 58.8 Å². The fourth-order valence-electron chi connectivity index (χ4n) is 1.46. The summed E-state index contributed by atoms with van der Waals surface area (Å²) in [4.78, 5) is 0. The minimum absolute atomic E-state index is 0.220.